The molecule has 1 aromatic rings. The number of aromatic nitrogens is 1. The zero-order valence-electron chi connectivity index (χ0n) is 7.33. The van der Waals surface area contributed by atoms with Crippen LogP contribution in [0.25, 0.3) is 6.08 Å². The van der Waals surface area contributed by atoms with Crippen LogP contribution in [-0.2, 0) is 0 Å². The number of pyridine rings is 1. The molecule has 64 valence electrons. The average molecular weight is 162 g/mol. The summed E-state index contributed by atoms with van der Waals surface area (Å²) < 4.78 is 0. The monoisotopic (exact) mass is 162 g/mol. The van der Waals surface area contributed by atoms with Crippen molar-refractivity contribution in [2.24, 2.45) is 5.73 Å². The lowest BCUT2D eigenvalue weighted by atomic mass is 10.1. The smallest absolute Gasteiger partial charge is 0.0629 e. The number of rotatable bonds is 3. The maximum atomic E-state index is 5.54. The van der Waals surface area contributed by atoms with E-state index in [4.69, 9.17) is 5.73 Å². The molecule has 0 amide bonds. The summed E-state index contributed by atoms with van der Waals surface area (Å²) in [6, 6.07) is 5.86. The molecular formula is C10H14N2. The van der Waals surface area contributed by atoms with Gasteiger partial charge in [-0.05, 0) is 24.6 Å². The molecule has 0 saturated heterocycles. The zero-order chi connectivity index (χ0) is 8.81. The molecule has 1 rings (SSSR count). The van der Waals surface area contributed by atoms with E-state index in [0.29, 0.717) is 6.54 Å². The minimum Gasteiger partial charge on any atom is -0.327 e. The summed E-state index contributed by atoms with van der Waals surface area (Å²) >= 11 is 0. The molecule has 2 nitrogen and oxygen atoms in total. The summed E-state index contributed by atoms with van der Waals surface area (Å²) in [5.74, 6) is 0. The van der Waals surface area contributed by atoms with E-state index in [1.165, 1.54) is 5.57 Å². The van der Waals surface area contributed by atoms with Crippen molar-refractivity contribution >= 4 is 6.08 Å². The lowest BCUT2D eigenvalue weighted by Crippen LogP contribution is -2.01. The highest BCUT2D eigenvalue weighted by Gasteiger charge is 1.91. The largest absolute Gasteiger partial charge is 0.327 e. The summed E-state index contributed by atoms with van der Waals surface area (Å²) in [6.07, 6.45) is 4.82. The Morgan fingerprint density at radius 3 is 2.92 bits per heavy atom. The molecule has 0 aliphatic carbocycles. The molecule has 0 fully saturated rings. The highest BCUT2D eigenvalue weighted by molar-refractivity contribution is 5.48. The van der Waals surface area contributed by atoms with Gasteiger partial charge >= 0.3 is 0 Å². The van der Waals surface area contributed by atoms with E-state index in [9.17, 15) is 0 Å². The van der Waals surface area contributed by atoms with E-state index in [-0.39, 0.29) is 0 Å². The van der Waals surface area contributed by atoms with Crippen LogP contribution in [0, 0.1) is 0 Å². The van der Waals surface area contributed by atoms with Crippen LogP contribution in [-0.4, -0.2) is 11.5 Å². The fourth-order valence-corrected chi connectivity index (χ4v) is 0.976. The molecule has 0 saturated carbocycles. The van der Waals surface area contributed by atoms with Gasteiger partial charge in [-0.1, -0.05) is 18.6 Å². The van der Waals surface area contributed by atoms with E-state index < -0.39 is 0 Å². The third kappa shape index (κ3) is 2.47. The minimum atomic E-state index is 0.618. The van der Waals surface area contributed by atoms with Gasteiger partial charge in [-0.3, -0.25) is 4.98 Å². The summed E-state index contributed by atoms with van der Waals surface area (Å²) in [5.41, 5.74) is 7.75. The molecule has 1 heterocycles. The summed E-state index contributed by atoms with van der Waals surface area (Å²) in [6.45, 7) is 2.72. The van der Waals surface area contributed by atoms with Gasteiger partial charge in [0, 0.05) is 12.7 Å². The molecular weight excluding hydrogens is 148 g/mol. The summed E-state index contributed by atoms with van der Waals surface area (Å²) in [4.78, 5) is 4.18. The minimum absolute atomic E-state index is 0.618. The van der Waals surface area contributed by atoms with Crippen LogP contribution < -0.4 is 5.73 Å². The van der Waals surface area contributed by atoms with Gasteiger partial charge in [0.1, 0.15) is 0 Å². The Labute approximate surface area is 73.1 Å². The molecule has 0 atom stereocenters. The van der Waals surface area contributed by atoms with Crippen molar-refractivity contribution < 1.29 is 0 Å². The van der Waals surface area contributed by atoms with Crippen molar-refractivity contribution in [3.8, 4) is 0 Å². The van der Waals surface area contributed by atoms with E-state index in [1.54, 1.807) is 6.20 Å². The first-order valence-corrected chi connectivity index (χ1v) is 4.17. The Morgan fingerprint density at radius 1 is 1.58 bits per heavy atom. The Kier molecular flexibility index (Phi) is 3.48. The van der Waals surface area contributed by atoms with E-state index in [0.717, 1.165) is 12.1 Å². The van der Waals surface area contributed by atoms with Gasteiger partial charge in [0.25, 0.3) is 0 Å². The molecule has 0 radical (unpaired) electrons. The average Bonchev–Trinajstić information content (AvgIpc) is 2.16. The van der Waals surface area contributed by atoms with Gasteiger partial charge in [-0.2, -0.15) is 0 Å². The van der Waals surface area contributed by atoms with Gasteiger partial charge in [0.05, 0.1) is 5.69 Å². The topological polar surface area (TPSA) is 38.9 Å². The normalized spacial score (nSPS) is 11.7. The van der Waals surface area contributed by atoms with Gasteiger partial charge in [-0.25, -0.2) is 0 Å². The highest BCUT2D eigenvalue weighted by atomic mass is 14.7. The molecule has 2 N–H and O–H groups in total. The molecule has 0 aromatic carbocycles. The van der Waals surface area contributed by atoms with Gasteiger partial charge in [0.15, 0.2) is 0 Å². The first-order chi connectivity index (χ1) is 5.86. The van der Waals surface area contributed by atoms with Crippen molar-refractivity contribution in [2.75, 3.05) is 6.54 Å². The van der Waals surface area contributed by atoms with Crippen LogP contribution in [0.4, 0.5) is 0 Å². The molecule has 0 bridgehead atoms. The first kappa shape index (κ1) is 8.94. The molecule has 0 spiro atoms. The van der Waals surface area contributed by atoms with Crippen LogP contribution in [0.5, 0.6) is 0 Å². The molecule has 12 heavy (non-hydrogen) atoms. The van der Waals surface area contributed by atoms with Crippen LogP contribution in [0.2, 0.25) is 0 Å². The Bertz CT molecular complexity index is 246. The highest BCUT2D eigenvalue weighted by Crippen LogP contribution is 2.04. The lowest BCUT2D eigenvalue weighted by Gasteiger charge is -1.98. The molecule has 0 aliphatic rings. The maximum Gasteiger partial charge on any atom is 0.0629 e. The second-order valence-corrected chi connectivity index (χ2v) is 2.61. The first-order valence-electron chi connectivity index (χ1n) is 4.17. The third-order valence-electron chi connectivity index (χ3n) is 1.76. The zero-order valence-corrected chi connectivity index (χ0v) is 7.33. The van der Waals surface area contributed by atoms with E-state index in [2.05, 4.69) is 11.9 Å². The van der Waals surface area contributed by atoms with Crippen molar-refractivity contribution in [3.05, 3.63) is 35.7 Å². The predicted octanol–water partition coefficient (Wildman–Crippen LogP) is 1.83. The third-order valence-corrected chi connectivity index (χ3v) is 1.76. The summed E-state index contributed by atoms with van der Waals surface area (Å²) in [7, 11) is 0. The quantitative estimate of drug-likeness (QED) is 0.736. The molecule has 2 heteroatoms. The second kappa shape index (κ2) is 4.67. The molecule has 1 aromatic heterocycles. The predicted molar refractivity (Wildman–Crippen MR) is 51.6 cm³/mol. The number of hydrogen-bond donors (Lipinski definition) is 1. The number of nitrogens with zero attached hydrogens (tertiary/aromatic N) is 1. The fraction of sp³-hybridized carbons (Fsp3) is 0.300. The van der Waals surface area contributed by atoms with Crippen molar-refractivity contribution in [2.45, 2.75) is 13.3 Å². The number of nitrogens with two attached hydrogens (primary N) is 1. The number of hydrogen-bond acceptors (Lipinski definition) is 2. The Morgan fingerprint density at radius 2 is 2.42 bits per heavy atom. The summed E-state index contributed by atoms with van der Waals surface area (Å²) in [5, 5.41) is 0. The van der Waals surface area contributed by atoms with Crippen LogP contribution in [0.15, 0.2) is 30.0 Å². The van der Waals surface area contributed by atoms with Gasteiger partial charge in [-0.15, -0.1) is 0 Å². The van der Waals surface area contributed by atoms with Crippen molar-refractivity contribution in [1.82, 2.24) is 4.98 Å². The van der Waals surface area contributed by atoms with E-state index in [1.807, 2.05) is 24.3 Å². The second-order valence-electron chi connectivity index (χ2n) is 2.61. The van der Waals surface area contributed by atoms with Crippen LogP contribution >= 0.6 is 0 Å². The fourth-order valence-electron chi connectivity index (χ4n) is 0.976. The van der Waals surface area contributed by atoms with Crippen molar-refractivity contribution in [3.63, 3.8) is 0 Å². The molecule has 0 unspecified atom stereocenters. The maximum absolute atomic E-state index is 5.54. The Hall–Kier alpha value is -1.15. The van der Waals surface area contributed by atoms with Gasteiger partial charge < -0.3 is 5.73 Å². The Balaban J connectivity index is 2.79. The van der Waals surface area contributed by atoms with Crippen LogP contribution in [0.1, 0.15) is 19.0 Å². The van der Waals surface area contributed by atoms with Crippen molar-refractivity contribution in [1.29, 1.82) is 0 Å². The SMILES string of the molecule is CCC(=Cc1ccccn1)CN. The van der Waals surface area contributed by atoms with Gasteiger partial charge in [0.2, 0.25) is 0 Å². The lowest BCUT2D eigenvalue weighted by molar-refractivity contribution is 1.02. The molecule has 0 aliphatic heterocycles. The van der Waals surface area contributed by atoms with Crippen LogP contribution in [0.3, 0.4) is 0 Å². The standard InChI is InChI=1S/C10H14N2/c1-2-9(8-11)7-10-5-3-4-6-12-10/h3-7H,2,8,11H2,1H3. The van der Waals surface area contributed by atoms with E-state index >= 15 is 0 Å².